The molecule has 10 heteroatoms. The molecule has 0 N–H and O–H groups in total. The molecule has 0 radical (unpaired) electrons. The molecule has 0 amide bonds. The Morgan fingerprint density at radius 1 is 0.369 bits per heavy atom. The fourth-order valence-corrected chi connectivity index (χ4v) is 11.8. The predicted molar refractivity (Wildman–Crippen MR) is 361 cm³/mol. The lowest BCUT2D eigenvalue weighted by atomic mass is 10.0. The summed E-state index contributed by atoms with van der Waals surface area (Å²) in [6.45, 7) is 4.30. The van der Waals surface area contributed by atoms with E-state index in [-0.39, 0.29) is 32.0 Å². The number of phosphoric acid groups is 1. The third-order valence-electron chi connectivity index (χ3n) is 16.7. The van der Waals surface area contributed by atoms with Crippen LogP contribution in [0.4, 0.5) is 0 Å². The highest BCUT2D eigenvalue weighted by molar-refractivity contribution is 7.45. The van der Waals surface area contributed by atoms with Gasteiger partial charge in [-0.1, -0.05) is 346 Å². The van der Waals surface area contributed by atoms with Crippen molar-refractivity contribution < 1.29 is 42.1 Å². The van der Waals surface area contributed by atoms with Crippen molar-refractivity contribution in [2.75, 3.05) is 47.5 Å². The molecular weight excluding hydrogens is 1060 g/mol. The summed E-state index contributed by atoms with van der Waals surface area (Å²) in [6, 6.07) is 0. The SMILES string of the molecule is CCCCCCC/C=C\C/C=C\C/C=C\CCCCCCCCCCCCCCCCCCC(=O)OC(COC(=O)CCCCCCCCCCCCCCCCCCCCCCCCCCCCCCC)COP(=O)([O-])OCC[N+](C)(C)C. The first-order valence-corrected chi connectivity index (χ1v) is 38.2. The van der Waals surface area contributed by atoms with Crippen LogP contribution in [0.3, 0.4) is 0 Å². The van der Waals surface area contributed by atoms with Crippen molar-refractivity contribution in [3.63, 3.8) is 0 Å². The maximum absolute atomic E-state index is 12.9. The van der Waals surface area contributed by atoms with Crippen molar-refractivity contribution >= 4 is 19.8 Å². The van der Waals surface area contributed by atoms with E-state index in [0.717, 1.165) is 51.4 Å². The number of carbonyl (C=O) groups is 2. The molecule has 0 aromatic rings. The monoisotopic (exact) mass is 1200 g/mol. The summed E-state index contributed by atoms with van der Waals surface area (Å²) in [6.07, 6.45) is 83.8. The number of unbranched alkanes of at least 4 members (excludes halogenated alkanes) is 49. The van der Waals surface area contributed by atoms with Crippen LogP contribution in [0.15, 0.2) is 36.5 Å². The van der Waals surface area contributed by atoms with E-state index in [1.165, 1.54) is 289 Å². The second kappa shape index (κ2) is 65.7. The third kappa shape index (κ3) is 69.3. The molecule has 84 heavy (non-hydrogen) atoms. The number of hydrogen-bond acceptors (Lipinski definition) is 8. The van der Waals surface area contributed by atoms with Crippen molar-refractivity contribution in [2.45, 2.75) is 380 Å². The molecule has 0 aliphatic heterocycles. The highest BCUT2D eigenvalue weighted by Crippen LogP contribution is 2.38. The third-order valence-corrected chi connectivity index (χ3v) is 17.6. The Morgan fingerprint density at radius 2 is 0.643 bits per heavy atom. The quantitative estimate of drug-likeness (QED) is 0.0195. The Kier molecular flexibility index (Phi) is 64.3. The molecule has 496 valence electrons. The van der Waals surface area contributed by atoms with E-state index in [1.807, 2.05) is 21.1 Å². The molecule has 0 rings (SSSR count). The average Bonchev–Trinajstić information content (AvgIpc) is 3.61. The van der Waals surface area contributed by atoms with Gasteiger partial charge in [-0.05, 0) is 51.4 Å². The van der Waals surface area contributed by atoms with Crippen LogP contribution in [0.5, 0.6) is 0 Å². The molecule has 0 spiro atoms. The number of esters is 2. The molecule has 0 aromatic heterocycles. The molecule has 0 aliphatic carbocycles. The van der Waals surface area contributed by atoms with E-state index in [9.17, 15) is 19.0 Å². The molecule has 0 saturated carbocycles. The van der Waals surface area contributed by atoms with Crippen LogP contribution < -0.4 is 4.89 Å². The standard InChI is InChI=1S/C74H142NO8P/c1-6-8-10-12-14-16-18-20-22-24-26-28-30-32-34-36-37-39-41-43-45-47-49-51-53-55-57-59-61-63-65-67-74(77)83-72(71-82-84(78,79)81-69-68-75(3,4)5)70-80-73(76)66-64-62-60-58-56-54-52-50-48-46-44-42-40-38-35-33-31-29-27-25-23-21-19-17-15-13-11-9-7-2/h18,20,24,26,30,32,72H,6-17,19,21-23,25,27-29,31,33-71H2,1-5H3/b20-18-,26-24-,32-30-. The second-order valence-electron chi connectivity index (χ2n) is 26.3. The number of rotatable bonds is 69. The molecule has 0 bridgehead atoms. The Balaban J connectivity index is 3.98. The number of nitrogens with zero attached hydrogens (tertiary/aromatic N) is 1. The fraction of sp³-hybridized carbons (Fsp3) is 0.892. The number of ether oxygens (including phenoxy) is 2. The molecule has 0 fully saturated rings. The zero-order valence-corrected chi connectivity index (χ0v) is 57.5. The van der Waals surface area contributed by atoms with Gasteiger partial charge in [-0.15, -0.1) is 0 Å². The molecule has 9 nitrogen and oxygen atoms in total. The molecule has 0 heterocycles. The zero-order chi connectivity index (χ0) is 61.2. The molecule has 0 saturated heterocycles. The van der Waals surface area contributed by atoms with Gasteiger partial charge in [-0.3, -0.25) is 14.2 Å². The predicted octanol–water partition coefficient (Wildman–Crippen LogP) is 23.2. The summed E-state index contributed by atoms with van der Waals surface area (Å²) in [5.41, 5.74) is 0. The van der Waals surface area contributed by atoms with Crippen LogP contribution in [-0.2, 0) is 32.7 Å². The minimum atomic E-state index is -4.64. The average molecular weight is 1200 g/mol. The smallest absolute Gasteiger partial charge is 0.306 e. The molecular formula is C74H142NO8P. The van der Waals surface area contributed by atoms with Gasteiger partial charge in [-0.2, -0.15) is 0 Å². The summed E-state index contributed by atoms with van der Waals surface area (Å²) in [5.74, 6) is -0.811. The maximum atomic E-state index is 12.9. The van der Waals surface area contributed by atoms with Crippen LogP contribution in [-0.4, -0.2) is 70.0 Å². The fourth-order valence-electron chi connectivity index (χ4n) is 11.0. The van der Waals surface area contributed by atoms with Crippen molar-refractivity contribution in [1.29, 1.82) is 0 Å². The maximum Gasteiger partial charge on any atom is 0.306 e. The summed E-state index contributed by atoms with van der Waals surface area (Å²) < 4.78 is 34.4. The summed E-state index contributed by atoms with van der Waals surface area (Å²) in [7, 11) is 1.19. The summed E-state index contributed by atoms with van der Waals surface area (Å²) >= 11 is 0. The van der Waals surface area contributed by atoms with Gasteiger partial charge < -0.3 is 27.9 Å². The number of carbonyl (C=O) groups excluding carboxylic acids is 2. The minimum Gasteiger partial charge on any atom is -0.756 e. The van der Waals surface area contributed by atoms with E-state index in [1.54, 1.807) is 0 Å². The van der Waals surface area contributed by atoms with Crippen LogP contribution in [0.2, 0.25) is 0 Å². The van der Waals surface area contributed by atoms with Crippen molar-refractivity contribution in [2.24, 2.45) is 0 Å². The highest BCUT2D eigenvalue weighted by Gasteiger charge is 2.22. The molecule has 2 atom stereocenters. The van der Waals surface area contributed by atoms with E-state index in [2.05, 4.69) is 50.3 Å². The van der Waals surface area contributed by atoms with Gasteiger partial charge in [0.1, 0.15) is 19.8 Å². The van der Waals surface area contributed by atoms with Gasteiger partial charge in [0.25, 0.3) is 7.82 Å². The summed E-state index contributed by atoms with van der Waals surface area (Å²) in [5, 5.41) is 0. The van der Waals surface area contributed by atoms with Crippen molar-refractivity contribution in [3.8, 4) is 0 Å². The summed E-state index contributed by atoms with van der Waals surface area (Å²) in [4.78, 5) is 38.1. The van der Waals surface area contributed by atoms with Crippen LogP contribution in [0.1, 0.15) is 373 Å². The van der Waals surface area contributed by atoms with Crippen LogP contribution in [0, 0.1) is 0 Å². The first-order chi connectivity index (χ1) is 41.0. The lowest BCUT2D eigenvalue weighted by molar-refractivity contribution is -0.870. The van der Waals surface area contributed by atoms with E-state index >= 15 is 0 Å². The first-order valence-electron chi connectivity index (χ1n) is 36.7. The van der Waals surface area contributed by atoms with Gasteiger partial charge in [0.2, 0.25) is 0 Å². The lowest BCUT2D eigenvalue weighted by Crippen LogP contribution is -2.37. The Bertz CT molecular complexity index is 1510. The number of hydrogen-bond donors (Lipinski definition) is 0. The van der Waals surface area contributed by atoms with Gasteiger partial charge in [0.05, 0.1) is 27.7 Å². The molecule has 0 aliphatic rings. The molecule has 0 aromatic carbocycles. The lowest BCUT2D eigenvalue weighted by Gasteiger charge is -2.28. The van der Waals surface area contributed by atoms with Gasteiger partial charge in [0.15, 0.2) is 6.10 Å². The topological polar surface area (TPSA) is 111 Å². The van der Waals surface area contributed by atoms with Gasteiger partial charge in [-0.25, -0.2) is 0 Å². The number of allylic oxidation sites excluding steroid dienone is 6. The van der Waals surface area contributed by atoms with Crippen LogP contribution >= 0.6 is 7.82 Å². The van der Waals surface area contributed by atoms with Gasteiger partial charge in [0, 0.05) is 12.8 Å². The highest BCUT2D eigenvalue weighted by atomic mass is 31.2. The van der Waals surface area contributed by atoms with E-state index in [0.29, 0.717) is 17.4 Å². The van der Waals surface area contributed by atoms with Crippen molar-refractivity contribution in [1.82, 2.24) is 0 Å². The van der Waals surface area contributed by atoms with Crippen molar-refractivity contribution in [3.05, 3.63) is 36.5 Å². The minimum absolute atomic E-state index is 0.0280. The Morgan fingerprint density at radius 3 is 0.952 bits per heavy atom. The first kappa shape index (κ1) is 82.2. The van der Waals surface area contributed by atoms with Crippen LogP contribution in [0.25, 0.3) is 0 Å². The second-order valence-corrected chi connectivity index (χ2v) is 27.7. The Hall–Kier alpha value is -1.77. The van der Waals surface area contributed by atoms with E-state index < -0.39 is 26.5 Å². The number of likely N-dealkylation sites (N-methyl/N-ethyl adjacent to an activating group) is 1. The molecule has 2 unspecified atom stereocenters. The zero-order valence-electron chi connectivity index (χ0n) is 56.6. The largest absolute Gasteiger partial charge is 0.756 e. The normalized spacial score (nSPS) is 13.3. The number of phosphoric ester groups is 1. The number of quaternary nitrogens is 1. The Labute approximate surface area is 522 Å². The van der Waals surface area contributed by atoms with E-state index in [4.69, 9.17) is 18.5 Å². The van der Waals surface area contributed by atoms with Gasteiger partial charge >= 0.3 is 11.9 Å².